The van der Waals surface area contributed by atoms with Gasteiger partial charge in [-0.2, -0.15) is 0 Å². The minimum Gasteiger partial charge on any atom is -0.294 e. The van der Waals surface area contributed by atoms with Gasteiger partial charge in [0.15, 0.2) is 5.78 Å². The van der Waals surface area contributed by atoms with Crippen LogP contribution in [-0.4, -0.2) is 17.3 Å². The summed E-state index contributed by atoms with van der Waals surface area (Å²) in [5.74, 6) is 0.428. The van der Waals surface area contributed by atoms with Crippen LogP contribution in [0.3, 0.4) is 0 Å². The summed E-state index contributed by atoms with van der Waals surface area (Å²) < 4.78 is 0. The third-order valence-electron chi connectivity index (χ3n) is 8.25. The Morgan fingerprint density at radius 3 is 2.34 bits per heavy atom. The molecule has 184 valence electrons. The highest BCUT2D eigenvalue weighted by atomic mass is 16.2. The first-order valence-electron chi connectivity index (χ1n) is 13.2. The number of hydrogen-bond acceptors (Lipinski definition) is 3. The van der Waals surface area contributed by atoms with Crippen LogP contribution in [0.25, 0.3) is 5.57 Å². The van der Waals surface area contributed by atoms with Gasteiger partial charge in [0.25, 0.3) is 0 Å². The largest absolute Gasteiger partial charge is 0.294 e. The molecule has 0 heterocycles. The topological polar surface area (TPSA) is 51.2 Å². The van der Waals surface area contributed by atoms with Crippen LogP contribution >= 0.6 is 0 Å². The van der Waals surface area contributed by atoms with Gasteiger partial charge in [0.1, 0.15) is 0 Å². The number of fused-ring (bicyclic) bond motifs is 1. The van der Waals surface area contributed by atoms with E-state index >= 15 is 0 Å². The fraction of sp³-hybridized carbons (Fsp3) is 0.469. The lowest BCUT2D eigenvalue weighted by atomic mass is 9.65. The molecule has 0 N–H and O–H groups in total. The average Bonchev–Trinajstić information content (AvgIpc) is 3.27. The van der Waals surface area contributed by atoms with Gasteiger partial charge in [-0.15, -0.1) is 0 Å². The zero-order valence-electron chi connectivity index (χ0n) is 21.8. The van der Waals surface area contributed by atoms with Crippen LogP contribution in [0.2, 0.25) is 0 Å². The summed E-state index contributed by atoms with van der Waals surface area (Å²) in [6.45, 7) is 10.1. The number of aryl methyl sites for hydroxylation is 1. The van der Waals surface area contributed by atoms with Crippen LogP contribution in [0.5, 0.6) is 0 Å². The van der Waals surface area contributed by atoms with E-state index in [4.69, 9.17) is 0 Å². The van der Waals surface area contributed by atoms with Crippen molar-refractivity contribution in [3.63, 3.8) is 0 Å². The fourth-order valence-electron chi connectivity index (χ4n) is 6.03. The highest BCUT2D eigenvalue weighted by Crippen LogP contribution is 2.42. The van der Waals surface area contributed by atoms with Crippen molar-refractivity contribution in [1.82, 2.24) is 0 Å². The van der Waals surface area contributed by atoms with E-state index in [0.29, 0.717) is 29.7 Å². The van der Waals surface area contributed by atoms with E-state index in [2.05, 4.69) is 57.2 Å². The lowest BCUT2D eigenvalue weighted by Gasteiger charge is -2.38. The van der Waals surface area contributed by atoms with Gasteiger partial charge in [0.2, 0.25) is 11.6 Å². The van der Waals surface area contributed by atoms with Gasteiger partial charge < -0.3 is 0 Å². The molecule has 4 rings (SSSR count). The van der Waals surface area contributed by atoms with Gasteiger partial charge in [0.05, 0.1) is 0 Å². The molecule has 4 atom stereocenters. The standard InChI is InChI=1S/C32H38O3/c1-6-23-17-24-12-13-26(32(35)30(33)19(2)3)28(24)18-29(23)31(34)27-15-20(4)25(14-21(27)5)16-22-10-8-7-9-11-22/h7-11,13,17-21,25,27H,6,12,14-16H2,1-5H3. The van der Waals surface area contributed by atoms with Crippen molar-refractivity contribution in [2.45, 2.75) is 66.7 Å². The Labute approximate surface area is 210 Å². The third-order valence-corrected chi connectivity index (χ3v) is 8.25. The molecule has 3 nitrogen and oxygen atoms in total. The van der Waals surface area contributed by atoms with E-state index in [0.717, 1.165) is 47.9 Å². The van der Waals surface area contributed by atoms with Crippen LogP contribution in [0.1, 0.15) is 80.1 Å². The minimum absolute atomic E-state index is 0.0118. The Kier molecular flexibility index (Phi) is 7.54. The number of rotatable bonds is 8. The Morgan fingerprint density at radius 2 is 1.69 bits per heavy atom. The van der Waals surface area contributed by atoms with E-state index in [9.17, 15) is 14.4 Å². The van der Waals surface area contributed by atoms with Crippen LogP contribution in [0, 0.1) is 29.6 Å². The maximum Gasteiger partial charge on any atom is 0.229 e. The van der Waals surface area contributed by atoms with Gasteiger partial charge in [-0.25, -0.2) is 0 Å². The van der Waals surface area contributed by atoms with E-state index < -0.39 is 5.78 Å². The maximum absolute atomic E-state index is 13.9. The van der Waals surface area contributed by atoms with Gasteiger partial charge in [-0.3, -0.25) is 14.4 Å². The van der Waals surface area contributed by atoms with Crippen LogP contribution in [-0.2, 0) is 28.9 Å². The Hall–Kier alpha value is -2.81. The number of carbonyl (C=O) groups excluding carboxylic acids is 3. The summed E-state index contributed by atoms with van der Waals surface area (Å²) in [7, 11) is 0. The second-order valence-electron chi connectivity index (χ2n) is 11.0. The third kappa shape index (κ3) is 5.10. The van der Waals surface area contributed by atoms with Crippen molar-refractivity contribution < 1.29 is 14.4 Å². The SMILES string of the molecule is CCc1cc2c(cc1C(=O)C1CC(C)C(Cc3ccccc3)CC1C)C(C(=O)C(=O)C(C)C)=CC2. The van der Waals surface area contributed by atoms with Crippen molar-refractivity contribution in [2.24, 2.45) is 29.6 Å². The highest BCUT2D eigenvalue weighted by molar-refractivity contribution is 6.54. The molecular formula is C32H38O3. The van der Waals surface area contributed by atoms with Crippen LogP contribution in [0.4, 0.5) is 0 Å². The van der Waals surface area contributed by atoms with Crippen molar-refractivity contribution in [1.29, 1.82) is 0 Å². The van der Waals surface area contributed by atoms with E-state index in [1.54, 1.807) is 13.8 Å². The summed E-state index contributed by atoms with van der Waals surface area (Å²) in [4.78, 5) is 39.2. The molecule has 2 aliphatic carbocycles. The number of hydrogen-bond donors (Lipinski definition) is 0. The quantitative estimate of drug-likeness (QED) is 0.318. The van der Waals surface area contributed by atoms with Crippen molar-refractivity contribution in [2.75, 3.05) is 0 Å². The normalized spacial score (nSPS) is 23.7. The molecular weight excluding hydrogens is 432 g/mol. The molecule has 2 aromatic rings. The number of Topliss-reactive ketones (excluding diaryl/α,β-unsaturated/α-hetero) is 3. The monoisotopic (exact) mass is 470 g/mol. The molecule has 2 aromatic carbocycles. The van der Waals surface area contributed by atoms with E-state index in [1.807, 2.05) is 12.1 Å². The molecule has 4 unspecified atom stereocenters. The number of ketones is 3. The molecule has 3 heteroatoms. The zero-order valence-corrected chi connectivity index (χ0v) is 21.8. The molecule has 0 radical (unpaired) electrons. The number of carbonyl (C=O) groups is 3. The second-order valence-corrected chi connectivity index (χ2v) is 11.0. The molecule has 0 aromatic heterocycles. The lowest BCUT2D eigenvalue weighted by molar-refractivity contribution is -0.135. The van der Waals surface area contributed by atoms with E-state index in [1.165, 1.54) is 5.56 Å². The fourth-order valence-corrected chi connectivity index (χ4v) is 6.03. The van der Waals surface area contributed by atoms with Crippen molar-refractivity contribution in [3.05, 3.63) is 76.4 Å². The molecule has 0 bridgehead atoms. The maximum atomic E-state index is 13.9. The molecule has 0 saturated heterocycles. The summed E-state index contributed by atoms with van der Waals surface area (Å²) in [5.41, 5.74) is 5.47. The molecule has 0 amide bonds. The summed E-state index contributed by atoms with van der Waals surface area (Å²) >= 11 is 0. The first-order chi connectivity index (χ1) is 16.7. The first kappa shape index (κ1) is 25.3. The van der Waals surface area contributed by atoms with Gasteiger partial charge >= 0.3 is 0 Å². The smallest absolute Gasteiger partial charge is 0.229 e. The van der Waals surface area contributed by atoms with Crippen LogP contribution in [0.15, 0.2) is 48.5 Å². The zero-order chi connectivity index (χ0) is 25.3. The van der Waals surface area contributed by atoms with Crippen molar-refractivity contribution in [3.8, 4) is 0 Å². The Morgan fingerprint density at radius 1 is 0.971 bits per heavy atom. The van der Waals surface area contributed by atoms with E-state index in [-0.39, 0.29) is 23.4 Å². The van der Waals surface area contributed by atoms with Gasteiger partial charge in [-0.05, 0) is 78.2 Å². The lowest BCUT2D eigenvalue weighted by Crippen LogP contribution is -2.35. The summed E-state index contributed by atoms with van der Waals surface area (Å²) in [5, 5.41) is 0. The van der Waals surface area contributed by atoms with Crippen molar-refractivity contribution >= 4 is 22.9 Å². The first-order valence-corrected chi connectivity index (χ1v) is 13.2. The van der Waals surface area contributed by atoms with Gasteiger partial charge in [-0.1, -0.05) is 77.1 Å². The predicted molar refractivity (Wildman–Crippen MR) is 141 cm³/mol. The van der Waals surface area contributed by atoms with Crippen LogP contribution < -0.4 is 0 Å². The second kappa shape index (κ2) is 10.4. The molecule has 35 heavy (non-hydrogen) atoms. The molecule has 1 fully saturated rings. The number of benzene rings is 2. The predicted octanol–water partition coefficient (Wildman–Crippen LogP) is 6.71. The molecule has 0 spiro atoms. The Bertz CT molecular complexity index is 1150. The summed E-state index contributed by atoms with van der Waals surface area (Å²) in [6, 6.07) is 14.7. The minimum atomic E-state index is -0.426. The van der Waals surface area contributed by atoms with Gasteiger partial charge in [0, 0.05) is 23.0 Å². The number of allylic oxidation sites excluding steroid dienone is 2. The molecule has 2 aliphatic rings. The average molecular weight is 471 g/mol. The summed E-state index contributed by atoms with van der Waals surface area (Å²) in [6.07, 6.45) is 6.28. The highest BCUT2D eigenvalue weighted by Gasteiger charge is 2.38. The molecule has 1 saturated carbocycles. The molecule has 0 aliphatic heterocycles. The Balaban J connectivity index is 1.58.